The molecule has 25 heavy (non-hydrogen) atoms. The minimum Gasteiger partial charge on any atom is -0.330 e. The van der Waals surface area contributed by atoms with Crippen molar-refractivity contribution < 1.29 is 8.42 Å². The second-order valence-corrected chi connectivity index (χ2v) is 8.26. The van der Waals surface area contributed by atoms with Gasteiger partial charge < -0.3 is 4.90 Å². The van der Waals surface area contributed by atoms with Crippen LogP contribution in [0.5, 0.6) is 0 Å². The lowest BCUT2D eigenvalue weighted by molar-refractivity contribution is 0.602. The lowest BCUT2D eigenvalue weighted by atomic mass is 10.00. The van der Waals surface area contributed by atoms with Gasteiger partial charge in [0, 0.05) is 18.2 Å². The molecule has 0 saturated heterocycles. The fourth-order valence-corrected chi connectivity index (χ4v) is 3.69. The van der Waals surface area contributed by atoms with Gasteiger partial charge in [0.2, 0.25) is 0 Å². The lowest BCUT2D eigenvalue weighted by Crippen LogP contribution is -2.42. The molecule has 0 saturated carbocycles. The molecule has 1 heterocycles. The van der Waals surface area contributed by atoms with Crippen molar-refractivity contribution >= 4 is 27.3 Å². The predicted octanol–water partition coefficient (Wildman–Crippen LogP) is 3.11. The van der Waals surface area contributed by atoms with E-state index in [0.29, 0.717) is 5.84 Å². The Bertz CT molecular complexity index is 961. The first-order valence-corrected chi connectivity index (χ1v) is 9.83. The summed E-state index contributed by atoms with van der Waals surface area (Å²) in [6.07, 6.45) is 1.10. The van der Waals surface area contributed by atoms with E-state index in [4.69, 9.17) is 4.99 Å². The van der Waals surface area contributed by atoms with E-state index in [0.717, 1.165) is 28.8 Å². The van der Waals surface area contributed by atoms with E-state index in [1.165, 1.54) is 0 Å². The van der Waals surface area contributed by atoms with E-state index in [2.05, 4.69) is 4.40 Å². The molecule has 0 aromatic heterocycles. The van der Waals surface area contributed by atoms with Crippen molar-refractivity contribution in [1.82, 2.24) is 0 Å². The summed E-state index contributed by atoms with van der Waals surface area (Å²) in [7, 11) is -1.72. The number of amidine groups is 1. The maximum Gasteiger partial charge on any atom is 0.251 e. The van der Waals surface area contributed by atoms with Crippen molar-refractivity contribution in [3.05, 3.63) is 65.7 Å². The zero-order valence-electron chi connectivity index (χ0n) is 14.8. The summed E-state index contributed by atoms with van der Waals surface area (Å²) in [5, 5.41) is 0. The van der Waals surface area contributed by atoms with Crippen molar-refractivity contribution in [2.45, 2.75) is 19.4 Å². The van der Waals surface area contributed by atoms with Gasteiger partial charge in [-0.2, -0.15) is 0 Å². The Kier molecular flexibility index (Phi) is 4.24. The Labute approximate surface area is 148 Å². The summed E-state index contributed by atoms with van der Waals surface area (Å²) in [6, 6.07) is 17.7. The molecule has 0 unspecified atom stereocenters. The number of benzene rings is 2. The first-order valence-electron chi connectivity index (χ1n) is 7.98. The summed E-state index contributed by atoms with van der Waals surface area (Å²) in [4.78, 5) is 6.73. The van der Waals surface area contributed by atoms with Gasteiger partial charge in [-0.1, -0.05) is 48.5 Å². The summed E-state index contributed by atoms with van der Waals surface area (Å²) in [5.74, 6) is 0.397. The average molecular weight is 355 g/mol. The number of anilines is 1. The number of benzodiazepines with no additional fused rings is 1. The number of hydrogen-bond donors (Lipinski definition) is 0. The van der Waals surface area contributed by atoms with E-state index in [1.807, 2.05) is 80.4 Å². The molecule has 1 aliphatic rings. The van der Waals surface area contributed by atoms with Gasteiger partial charge >= 0.3 is 0 Å². The average Bonchev–Trinajstić information content (AvgIpc) is 2.64. The normalized spacial score (nSPS) is 18.5. The zero-order valence-corrected chi connectivity index (χ0v) is 15.6. The maximum absolute atomic E-state index is 11.8. The highest BCUT2D eigenvalue weighted by atomic mass is 32.2. The minimum absolute atomic E-state index is 0.397. The molecule has 0 N–H and O–H groups in total. The number of hydrogen-bond acceptors (Lipinski definition) is 3. The molecule has 0 fully saturated rings. The predicted molar refractivity (Wildman–Crippen MR) is 103 cm³/mol. The van der Waals surface area contributed by atoms with Crippen LogP contribution < -0.4 is 4.90 Å². The topological polar surface area (TPSA) is 62.1 Å². The van der Waals surface area contributed by atoms with Gasteiger partial charge in [-0.3, -0.25) is 4.99 Å². The Morgan fingerprint density at radius 1 is 1.00 bits per heavy atom. The van der Waals surface area contributed by atoms with Crippen molar-refractivity contribution in [3.63, 3.8) is 0 Å². The molecule has 6 heteroatoms. The monoisotopic (exact) mass is 355 g/mol. The molecule has 0 amide bonds. The largest absolute Gasteiger partial charge is 0.330 e. The molecule has 5 nitrogen and oxygen atoms in total. The maximum atomic E-state index is 11.8. The Morgan fingerprint density at radius 2 is 1.60 bits per heavy atom. The first-order chi connectivity index (χ1) is 11.7. The molecule has 1 aliphatic heterocycles. The Balaban J connectivity index is 2.34. The minimum atomic E-state index is -3.55. The molecule has 0 radical (unpaired) electrons. The van der Waals surface area contributed by atoms with Crippen LogP contribution in [0.15, 0.2) is 64.0 Å². The number of fused-ring (bicyclic) bond motifs is 1. The molecule has 0 spiro atoms. The van der Waals surface area contributed by atoms with Crippen LogP contribution >= 0.6 is 0 Å². The quantitative estimate of drug-likeness (QED) is 0.831. The van der Waals surface area contributed by atoms with Crippen LogP contribution in [-0.4, -0.2) is 38.8 Å². The van der Waals surface area contributed by atoms with Crippen LogP contribution in [0.2, 0.25) is 0 Å². The van der Waals surface area contributed by atoms with Gasteiger partial charge in [-0.25, -0.2) is 8.42 Å². The molecule has 0 bridgehead atoms. The highest BCUT2D eigenvalue weighted by Gasteiger charge is 2.35. The third-order valence-electron chi connectivity index (χ3n) is 4.08. The van der Waals surface area contributed by atoms with Crippen LogP contribution in [0.25, 0.3) is 0 Å². The summed E-state index contributed by atoms with van der Waals surface area (Å²) in [5.41, 5.74) is 2.83. The second kappa shape index (κ2) is 6.11. The molecule has 0 atom stereocenters. The molecule has 130 valence electrons. The molecule has 3 rings (SSSR count). The Morgan fingerprint density at radius 3 is 2.24 bits per heavy atom. The SMILES string of the molecule is CN1/C(=N\S(C)(=O)=O)C(C)(C)N=C(c2ccccc2)c2ccccc21. The van der Waals surface area contributed by atoms with Crippen LogP contribution in [0.1, 0.15) is 25.0 Å². The van der Waals surface area contributed by atoms with Gasteiger partial charge in [0.15, 0.2) is 0 Å². The summed E-state index contributed by atoms with van der Waals surface area (Å²) >= 11 is 0. The van der Waals surface area contributed by atoms with Crippen LogP contribution in [0.3, 0.4) is 0 Å². The smallest absolute Gasteiger partial charge is 0.251 e. The summed E-state index contributed by atoms with van der Waals surface area (Å²) in [6.45, 7) is 3.75. The first kappa shape index (κ1) is 17.4. The van der Waals surface area contributed by atoms with Gasteiger partial charge in [0.25, 0.3) is 10.0 Å². The van der Waals surface area contributed by atoms with Crippen LogP contribution in [0.4, 0.5) is 5.69 Å². The third-order valence-corrected chi connectivity index (χ3v) is 4.58. The molecule has 2 aromatic rings. The van der Waals surface area contributed by atoms with Crippen molar-refractivity contribution in [1.29, 1.82) is 0 Å². The van der Waals surface area contributed by atoms with Crippen molar-refractivity contribution in [2.24, 2.45) is 9.39 Å². The molecule has 2 aromatic carbocycles. The molecular weight excluding hydrogens is 334 g/mol. The van der Waals surface area contributed by atoms with Gasteiger partial charge in [0.05, 0.1) is 17.7 Å². The fraction of sp³-hybridized carbons (Fsp3) is 0.263. The highest BCUT2D eigenvalue weighted by Crippen LogP contribution is 2.32. The van der Waals surface area contributed by atoms with E-state index < -0.39 is 15.6 Å². The number of para-hydroxylation sites is 1. The Hall–Kier alpha value is -2.47. The number of rotatable bonds is 2. The third kappa shape index (κ3) is 3.49. The number of sulfonamides is 1. The number of likely N-dealkylation sites (N-methyl/N-ethyl adjacent to an activating group) is 1. The van der Waals surface area contributed by atoms with E-state index in [9.17, 15) is 8.42 Å². The lowest BCUT2D eigenvalue weighted by Gasteiger charge is -2.28. The van der Waals surface area contributed by atoms with Gasteiger partial charge in [-0.15, -0.1) is 4.40 Å². The van der Waals surface area contributed by atoms with Gasteiger partial charge in [-0.05, 0) is 19.9 Å². The highest BCUT2D eigenvalue weighted by molar-refractivity contribution is 7.89. The second-order valence-electron chi connectivity index (χ2n) is 6.61. The fourth-order valence-electron chi connectivity index (χ4n) is 3.03. The van der Waals surface area contributed by atoms with Crippen molar-refractivity contribution in [3.8, 4) is 0 Å². The standard InChI is InChI=1S/C19H21N3O2S/c1-19(2)18(21-25(4,23)24)22(3)16-13-9-8-12-15(16)17(20-19)14-10-6-5-7-11-14/h5-13H,1-4H3/b21-18-. The number of aliphatic imine (C=N–C) groups is 1. The molecular formula is C19H21N3O2S. The van der Waals surface area contributed by atoms with E-state index in [1.54, 1.807) is 0 Å². The molecule has 0 aliphatic carbocycles. The van der Waals surface area contributed by atoms with E-state index in [-0.39, 0.29) is 0 Å². The van der Waals surface area contributed by atoms with Crippen LogP contribution in [0, 0.1) is 0 Å². The zero-order chi connectivity index (χ0) is 18.2. The van der Waals surface area contributed by atoms with Crippen LogP contribution in [-0.2, 0) is 10.0 Å². The van der Waals surface area contributed by atoms with Gasteiger partial charge in [0.1, 0.15) is 11.4 Å². The summed E-state index contributed by atoms with van der Waals surface area (Å²) < 4.78 is 27.7. The number of nitrogens with zero attached hydrogens (tertiary/aromatic N) is 3. The van der Waals surface area contributed by atoms with Crippen molar-refractivity contribution in [2.75, 3.05) is 18.2 Å². The van der Waals surface area contributed by atoms with E-state index >= 15 is 0 Å².